The maximum Gasteiger partial charge on any atom is 0.255 e. The van der Waals surface area contributed by atoms with E-state index >= 15 is 0 Å². The van der Waals surface area contributed by atoms with Crippen LogP contribution in [0.1, 0.15) is 11.1 Å². The average Bonchev–Trinajstić information content (AvgIpc) is 3.31. The smallest absolute Gasteiger partial charge is 0.255 e. The highest BCUT2D eigenvalue weighted by atomic mass is 35.5. The molecular formula is C22H19Cl2N5O3S. The number of thioether (sulfide) groups is 1. The summed E-state index contributed by atoms with van der Waals surface area (Å²) in [5.74, 6) is 3.54. The molecule has 0 aromatic heterocycles. The predicted octanol–water partition coefficient (Wildman–Crippen LogP) is 2.38. The van der Waals surface area contributed by atoms with E-state index in [2.05, 4.69) is 5.10 Å². The number of nitrogens with zero attached hydrogens (tertiary/aromatic N) is 3. The molecule has 170 valence electrons. The Morgan fingerprint density at radius 3 is 2.73 bits per heavy atom. The molecule has 3 amide bonds. The van der Waals surface area contributed by atoms with Gasteiger partial charge >= 0.3 is 0 Å². The highest BCUT2D eigenvalue weighted by Crippen LogP contribution is 2.61. The first-order chi connectivity index (χ1) is 15.8. The zero-order valence-corrected chi connectivity index (χ0v) is 19.7. The third kappa shape index (κ3) is 3.18. The molecule has 2 aromatic rings. The number of nitrogens with one attached hydrogen (secondary N) is 1. The van der Waals surface area contributed by atoms with E-state index in [4.69, 9.17) is 29.0 Å². The molecule has 0 aliphatic carbocycles. The van der Waals surface area contributed by atoms with Gasteiger partial charge in [-0.25, -0.2) is 10.9 Å². The van der Waals surface area contributed by atoms with Gasteiger partial charge in [-0.05, 0) is 23.8 Å². The van der Waals surface area contributed by atoms with Crippen molar-refractivity contribution < 1.29 is 14.4 Å². The lowest BCUT2D eigenvalue weighted by Crippen LogP contribution is -2.53. The van der Waals surface area contributed by atoms with Gasteiger partial charge in [0.2, 0.25) is 11.8 Å². The standard InChI is InChI=1S/C22H19Cl2N5O3S/c1-28-16-5-3-2-4-13(16)22(21(28)32)18-12(10-33-22)20(31)29(9-17(30)26-25)27-19(18)11-6-7-14(23)15(24)8-11/h2-8,12,18H,9-10,25H2,1H3,(H,26,30). The Labute approximate surface area is 204 Å². The van der Waals surface area contributed by atoms with Gasteiger partial charge in [0.1, 0.15) is 11.3 Å². The van der Waals surface area contributed by atoms with Crippen LogP contribution >= 0.6 is 35.0 Å². The second-order valence-electron chi connectivity index (χ2n) is 8.09. The minimum Gasteiger partial charge on any atom is -0.314 e. The maximum atomic E-state index is 13.7. The number of hydrazine groups is 1. The van der Waals surface area contributed by atoms with Crippen LogP contribution in [0.2, 0.25) is 10.0 Å². The minimum atomic E-state index is -1.02. The normalized spacial score (nSPS) is 25.9. The molecule has 2 aromatic carbocycles. The number of carbonyl (C=O) groups is 3. The van der Waals surface area contributed by atoms with Crippen LogP contribution in [0.5, 0.6) is 0 Å². The molecule has 0 radical (unpaired) electrons. The maximum absolute atomic E-state index is 13.7. The summed E-state index contributed by atoms with van der Waals surface area (Å²) in [6.07, 6.45) is 0. The predicted molar refractivity (Wildman–Crippen MR) is 128 cm³/mol. The summed E-state index contributed by atoms with van der Waals surface area (Å²) in [4.78, 5) is 40.8. The molecule has 1 fully saturated rings. The summed E-state index contributed by atoms with van der Waals surface area (Å²) >= 11 is 13.9. The van der Waals surface area contributed by atoms with Crippen LogP contribution in [-0.4, -0.2) is 47.8 Å². The van der Waals surface area contributed by atoms with Crippen LogP contribution in [0.4, 0.5) is 5.69 Å². The molecule has 3 aliphatic rings. The molecule has 0 bridgehead atoms. The third-order valence-corrected chi connectivity index (χ3v) is 8.75. The number of amides is 3. The van der Waals surface area contributed by atoms with Crippen molar-refractivity contribution in [2.75, 3.05) is 24.2 Å². The number of anilines is 1. The number of fused-ring (bicyclic) bond motifs is 4. The first-order valence-electron chi connectivity index (χ1n) is 10.2. The summed E-state index contributed by atoms with van der Waals surface area (Å²) in [5, 5.41) is 6.41. The van der Waals surface area contributed by atoms with Crippen LogP contribution in [0.15, 0.2) is 47.6 Å². The van der Waals surface area contributed by atoms with Crippen LogP contribution in [-0.2, 0) is 19.1 Å². The van der Waals surface area contributed by atoms with Gasteiger partial charge in [0.15, 0.2) is 0 Å². The number of carbonyl (C=O) groups excluding carboxylic acids is 3. The molecule has 5 rings (SSSR count). The van der Waals surface area contributed by atoms with Crippen molar-refractivity contribution in [1.82, 2.24) is 10.4 Å². The van der Waals surface area contributed by atoms with E-state index in [-0.39, 0.29) is 18.4 Å². The lowest BCUT2D eigenvalue weighted by Gasteiger charge is -2.37. The van der Waals surface area contributed by atoms with Crippen LogP contribution in [0, 0.1) is 11.8 Å². The Kier molecular flexibility index (Phi) is 5.40. The van der Waals surface area contributed by atoms with Crippen LogP contribution in [0.3, 0.4) is 0 Å². The Hall–Kier alpha value is -2.59. The van der Waals surface area contributed by atoms with Gasteiger partial charge in [0.25, 0.3) is 5.91 Å². The van der Waals surface area contributed by atoms with Crippen LogP contribution in [0.25, 0.3) is 0 Å². The largest absolute Gasteiger partial charge is 0.314 e. The number of nitrogens with two attached hydrogens (primary N) is 1. The Bertz CT molecular complexity index is 1240. The quantitative estimate of drug-likeness (QED) is 0.379. The number of hydrogen-bond donors (Lipinski definition) is 2. The summed E-state index contributed by atoms with van der Waals surface area (Å²) in [7, 11) is 1.74. The topological polar surface area (TPSA) is 108 Å². The summed E-state index contributed by atoms with van der Waals surface area (Å²) in [6.45, 7) is -0.328. The molecule has 33 heavy (non-hydrogen) atoms. The molecule has 3 N–H and O–H groups in total. The number of hydrogen-bond acceptors (Lipinski definition) is 6. The molecular weight excluding hydrogens is 485 g/mol. The number of likely N-dealkylation sites (N-methyl/N-ethyl adjacent to an activating group) is 1. The Morgan fingerprint density at radius 1 is 1.24 bits per heavy atom. The Balaban J connectivity index is 1.72. The molecule has 3 aliphatic heterocycles. The van der Waals surface area contributed by atoms with Gasteiger partial charge in [-0.15, -0.1) is 11.8 Å². The lowest BCUT2D eigenvalue weighted by molar-refractivity contribution is -0.141. The summed E-state index contributed by atoms with van der Waals surface area (Å²) in [6, 6.07) is 12.7. The zero-order valence-electron chi connectivity index (χ0n) is 17.4. The van der Waals surface area contributed by atoms with E-state index in [1.165, 1.54) is 11.8 Å². The number of para-hydroxylation sites is 1. The molecule has 1 saturated heterocycles. The summed E-state index contributed by atoms with van der Waals surface area (Å²) in [5.41, 5.74) is 4.83. The van der Waals surface area contributed by atoms with Crippen LogP contribution < -0.4 is 16.2 Å². The first kappa shape index (κ1) is 22.2. The lowest BCUT2D eigenvalue weighted by atomic mass is 9.73. The van der Waals surface area contributed by atoms with E-state index in [0.717, 1.165) is 16.3 Å². The van der Waals surface area contributed by atoms with Crippen molar-refractivity contribution in [2.24, 2.45) is 22.8 Å². The SMILES string of the molecule is CN1C(=O)C2(SCC3C(=O)N(CC(=O)NN)N=C(c4ccc(Cl)c(Cl)c4)C32)c2ccccc21. The van der Waals surface area contributed by atoms with Gasteiger partial charge < -0.3 is 4.90 Å². The van der Waals surface area contributed by atoms with Crippen molar-refractivity contribution in [1.29, 1.82) is 0 Å². The number of rotatable bonds is 3. The van der Waals surface area contributed by atoms with E-state index in [9.17, 15) is 14.4 Å². The van der Waals surface area contributed by atoms with E-state index in [1.54, 1.807) is 30.1 Å². The highest BCUT2D eigenvalue weighted by Gasteiger charge is 2.65. The Morgan fingerprint density at radius 2 is 2.00 bits per heavy atom. The van der Waals surface area contributed by atoms with Gasteiger partial charge in [-0.1, -0.05) is 47.5 Å². The number of halogens is 2. The van der Waals surface area contributed by atoms with Gasteiger partial charge in [0, 0.05) is 30.0 Å². The minimum absolute atomic E-state index is 0.102. The zero-order chi connectivity index (χ0) is 23.5. The van der Waals surface area contributed by atoms with E-state index in [1.807, 2.05) is 29.7 Å². The fourth-order valence-electron chi connectivity index (χ4n) is 4.90. The fourth-order valence-corrected chi connectivity index (χ4v) is 7.02. The fraction of sp³-hybridized carbons (Fsp3) is 0.273. The molecule has 3 heterocycles. The van der Waals surface area contributed by atoms with Crippen molar-refractivity contribution in [3.05, 3.63) is 63.6 Å². The van der Waals surface area contributed by atoms with Crippen molar-refractivity contribution in [2.45, 2.75) is 4.75 Å². The average molecular weight is 504 g/mol. The van der Waals surface area contributed by atoms with E-state index in [0.29, 0.717) is 27.1 Å². The number of hydrazone groups is 1. The summed E-state index contributed by atoms with van der Waals surface area (Å²) < 4.78 is -1.02. The van der Waals surface area contributed by atoms with Crippen molar-refractivity contribution >= 4 is 64.1 Å². The monoisotopic (exact) mass is 503 g/mol. The first-order valence-corrected chi connectivity index (χ1v) is 11.9. The second kappa shape index (κ2) is 8.02. The molecule has 0 saturated carbocycles. The van der Waals surface area contributed by atoms with Gasteiger partial charge in [0.05, 0.1) is 21.7 Å². The third-order valence-electron chi connectivity index (χ3n) is 6.38. The second-order valence-corrected chi connectivity index (χ2v) is 10.2. The highest BCUT2D eigenvalue weighted by molar-refractivity contribution is 8.01. The van der Waals surface area contributed by atoms with E-state index < -0.39 is 22.5 Å². The molecule has 1 spiro atoms. The number of benzene rings is 2. The molecule has 3 unspecified atom stereocenters. The molecule has 8 nitrogen and oxygen atoms in total. The van der Waals surface area contributed by atoms with Crippen molar-refractivity contribution in [3.8, 4) is 0 Å². The molecule has 11 heteroatoms. The van der Waals surface area contributed by atoms with Gasteiger partial charge in [-0.3, -0.25) is 19.8 Å². The van der Waals surface area contributed by atoms with Crippen molar-refractivity contribution in [3.63, 3.8) is 0 Å². The van der Waals surface area contributed by atoms with Gasteiger partial charge in [-0.2, -0.15) is 5.10 Å². The molecule has 3 atom stereocenters.